The molecular weight excluding hydrogens is 228 g/mol. The molecular formula is C7H12MoO3. The van der Waals surface area contributed by atoms with Crippen LogP contribution < -0.4 is 0 Å². The molecule has 1 aliphatic carbocycles. The molecule has 0 aromatic carbocycles. The number of rotatable bonds is 0. The van der Waals surface area contributed by atoms with E-state index in [0.29, 0.717) is 0 Å². The van der Waals surface area contributed by atoms with E-state index in [4.69, 9.17) is 15.0 Å². The maximum atomic E-state index is 8.56. The van der Waals surface area contributed by atoms with Gasteiger partial charge >= 0.3 is 6.16 Å². The van der Waals surface area contributed by atoms with Crippen LogP contribution in [0.4, 0.5) is 4.79 Å². The van der Waals surface area contributed by atoms with Crippen LogP contribution in [0.2, 0.25) is 0 Å². The number of hydrogen-bond donors (Lipinski definition) is 2. The molecule has 0 bridgehead atoms. The van der Waals surface area contributed by atoms with Crippen molar-refractivity contribution in [3.8, 4) is 0 Å². The molecule has 0 atom stereocenters. The van der Waals surface area contributed by atoms with Crippen LogP contribution in [0.3, 0.4) is 0 Å². The van der Waals surface area contributed by atoms with Crippen molar-refractivity contribution in [3.63, 3.8) is 0 Å². The first kappa shape index (κ1) is 13.3. The van der Waals surface area contributed by atoms with E-state index >= 15 is 0 Å². The SMILES string of the molecule is C1=CCCCC1.O=C(O)O.[Mo]. The molecule has 0 amide bonds. The summed E-state index contributed by atoms with van der Waals surface area (Å²) in [5.41, 5.74) is 0. The zero-order valence-corrected chi connectivity index (χ0v) is 8.20. The fourth-order valence-electron chi connectivity index (χ4n) is 0.760. The van der Waals surface area contributed by atoms with Crippen LogP contribution >= 0.6 is 0 Å². The molecule has 64 valence electrons. The molecule has 0 fully saturated rings. The van der Waals surface area contributed by atoms with Crippen LogP contribution in [0.5, 0.6) is 0 Å². The van der Waals surface area contributed by atoms with Crippen LogP contribution in [0.1, 0.15) is 25.7 Å². The third-order valence-corrected chi connectivity index (χ3v) is 1.16. The van der Waals surface area contributed by atoms with Crippen molar-refractivity contribution in [1.82, 2.24) is 0 Å². The minimum Gasteiger partial charge on any atom is -0.450 e. The van der Waals surface area contributed by atoms with Crippen LogP contribution in [-0.2, 0) is 21.1 Å². The second kappa shape index (κ2) is 9.70. The molecule has 0 aromatic heterocycles. The van der Waals surface area contributed by atoms with E-state index in [9.17, 15) is 0 Å². The molecule has 0 heterocycles. The van der Waals surface area contributed by atoms with E-state index in [1.807, 2.05) is 0 Å². The van der Waals surface area contributed by atoms with Gasteiger partial charge in [0.25, 0.3) is 0 Å². The van der Waals surface area contributed by atoms with Gasteiger partial charge in [-0.25, -0.2) is 4.79 Å². The Morgan fingerprint density at radius 1 is 1.09 bits per heavy atom. The van der Waals surface area contributed by atoms with Gasteiger partial charge in [-0.2, -0.15) is 0 Å². The summed E-state index contributed by atoms with van der Waals surface area (Å²) in [6.45, 7) is 0. The van der Waals surface area contributed by atoms with E-state index in [2.05, 4.69) is 12.2 Å². The first-order chi connectivity index (χ1) is 4.73. The fraction of sp³-hybridized carbons (Fsp3) is 0.571. The minimum atomic E-state index is -1.83. The van der Waals surface area contributed by atoms with E-state index < -0.39 is 6.16 Å². The topological polar surface area (TPSA) is 57.5 Å². The third kappa shape index (κ3) is 17.7. The third-order valence-electron chi connectivity index (χ3n) is 1.16. The molecule has 0 aliphatic heterocycles. The second-order valence-electron chi connectivity index (χ2n) is 2.04. The number of hydrogen-bond acceptors (Lipinski definition) is 1. The average molecular weight is 240 g/mol. The van der Waals surface area contributed by atoms with Gasteiger partial charge in [-0.05, 0) is 25.7 Å². The largest absolute Gasteiger partial charge is 0.503 e. The fourth-order valence-corrected chi connectivity index (χ4v) is 0.760. The minimum absolute atomic E-state index is 0. The van der Waals surface area contributed by atoms with Gasteiger partial charge in [-0.3, -0.25) is 0 Å². The molecule has 3 nitrogen and oxygen atoms in total. The Labute approximate surface area is 80.4 Å². The molecule has 11 heavy (non-hydrogen) atoms. The van der Waals surface area contributed by atoms with Gasteiger partial charge in [0.1, 0.15) is 0 Å². The molecule has 4 heteroatoms. The van der Waals surface area contributed by atoms with Crippen molar-refractivity contribution in [2.45, 2.75) is 25.7 Å². The molecule has 1 aliphatic rings. The Morgan fingerprint density at radius 2 is 1.36 bits per heavy atom. The molecule has 0 saturated carbocycles. The van der Waals surface area contributed by atoms with Gasteiger partial charge in [-0.1, -0.05) is 12.2 Å². The summed E-state index contributed by atoms with van der Waals surface area (Å²) in [4.78, 5) is 8.56. The van der Waals surface area contributed by atoms with E-state index in [-0.39, 0.29) is 21.1 Å². The number of carboxylic acid groups (broad SMARTS) is 2. The summed E-state index contributed by atoms with van der Waals surface area (Å²) in [6.07, 6.45) is 8.17. The van der Waals surface area contributed by atoms with E-state index in [0.717, 1.165) is 0 Å². The number of carbonyl (C=O) groups is 1. The van der Waals surface area contributed by atoms with Crippen molar-refractivity contribution < 1.29 is 36.1 Å². The normalized spacial score (nSPS) is 13.8. The van der Waals surface area contributed by atoms with Gasteiger partial charge in [-0.15, -0.1) is 0 Å². The molecule has 0 spiro atoms. The van der Waals surface area contributed by atoms with Gasteiger partial charge in [0, 0.05) is 21.1 Å². The average Bonchev–Trinajstić information content (AvgIpc) is 1.90. The smallest absolute Gasteiger partial charge is 0.450 e. The van der Waals surface area contributed by atoms with Crippen molar-refractivity contribution in [2.75, 3.05) is 0 Å². The monoisotopic (exact) mass is 242 g/mol. The predicted molar refractivity (Wildman–Crippen MR) is 38.3 cm³/mol. The first-order valence-corrected chi connectivity index (χ1v) is 3.30. The summed E-state index contributed by atoms with van der Waals surface area (Å²) in [5, 5.41) is 13.9. The van der Waals surface area contributed by atoms with Crippen LogP contribution in [-0.4, -0.2) is 16.4 Å². The van der Waals surface area contributed by atoms with Crippen molar-refractivity contribution in [1.29, 1.82) is 0 Å². The van der Waals surface area contributed by atoms with Crippen molar-refractivity contribution in [3.05, 3.63) is 12.2 Å². The molecule has 0 unspecified atom stereocenters. The van der Waals surface area contributed by atoms with Gasteiger partial charge in [0.15, 0.2) is 0 Å². The summed E-state index contributed by atoms with van der Waals surface area (Å²) in [6, 6.07) is 0. The van der Waals surface area contributed by atoms with E-state index in [1.54, 1.807) is 0 Å². The van der Waals surface area contributed by atoms with Gasteiger partial charge in [0.05, 0.1) is 0 Å². The molecule has 1 rings (SSSR count). The standard InChI is InChI=1S/C6H10.CH2O3.Mo/c1-2-4-6-5-3-1;2-1(3)4;/h1-2H,3-6H2;(H2,2,3,4);. The van der Waals surface area contributed by atoms with Crippen LogP contribution in [0.25, 0.3) is 0 Å². The van der Waals surface area contributed by atoms with Crippen LogP contribution in [0.15, 0.2) is 12.2 Å². The summed E-state index contributed by atoms with van der Waals surface area (Å²) in [5.74, 6) is 0. The maximum Gasteiger partial charge on any atom is 0.503 e. The summed E-state index contributed by atoms with van der Waals surface area (Å²) < 4.78 is 0. The van der Waals surface area contributed by atoms with Crippen molar-refractivity contribution >= 4 is 6.16 Å². The Bertz CT molecular complexity index is 111. The molecule has 0 radical (unpaired) electrons. The van der Waals surface area contributed by atoms with Crippen molar-refractivity contribution in [2.24, 2.45) is 0 Å². The Morgan fingerprint density at radius 3 is 1.45 bits per heavy atom. The summed E-state index contributed by atoms with van der Waals surface area (Å²) >= 11 is 0. The van der Waals surface area contributed by atoms with E-state index in [1.165, 1.54) is 25.7 Å². The quantitative estimate of drug-likeness (QED) is 0.504. The zero-order valence-electron chi connectivity index (χ0n) is 6.19. The van der Waals surface area contributed by atoms with Gasteiger partial charge < -0.3 is 10.2 Å². The molecule has 0 saturated heterocycles. The number of allylic oxidation sites excluding steroid dienone is 2. The van der Waals surface area contributed by atoms with Crippen LogP contribution in [0, 0.1) is 0 Å². The maximum absolute atomic E-state index is 8.56. The second-order valence-corrected chi connectivity index (χ2v) is 2.04. The Hall–Kier alpha value is -0.302. The predicted octanol–water partition coefficient (Wildman–Crippen LogP) is 2.34. The zero-order chi connectivity index (χ0) is 7.82. The molecule has 0 aromatic rings. The van der Waals surface area contributed by atoms with Gasteiger partial charge in [0.2, 0.25) is 0 Å². The summed E-state index contributed by atoms with van der Waals surface area (Å²) in [7, 11) is 0. The molecule has 2 N–H and O–H groups in total. The first-order valence-electron chi connectivity index (χ1n) is 3.30. The Kier molecular flexibility index (Phi) is 11.7. The Balaban J connectivity index is 0.